The standard InChI is InChI=1S/C14H14FN3S/c1-10(11-4-6-12(15)7-5-11)17-14(19)18-13-3-2-8-16-9-13/h2-10H,1H3,(H2,17,18,19). The van der Waals surface area contributed by atoms with Gasteiger partial charge in [-0.2, -0.15) is 0 Å². The number of rotatable bonds is 3. The van der Waals surface area contributed by atoms with Gasteiger partial charge in [0, 0.05) is 6.20 Å². The van der Waals surface area contributed by atoms with Crippen molar-refractivity contribution in [1.29, 1.82) is 0 Å². The van der Waals surface area contributed by atoms with Crippen molar-refractivity contribution in [2.75, 3.05) is 5.32 Å². The van der Waals surface area contributed by atoms with E-state index in [0.717, 1.165) is 11.3 Å². The molecule has 0 aliphatic carbocycles. The van der Waals surface area contributed by atoms with Crippen LogP contribution in [0.2, 0.25) is 0 Å². The molecule has 19 heavy (non-hydrogen) atoms. The highest BCUT2D eigenvalue weighted by Crippen LogP contribution is 2.13. The molecule has 0 fully saturated rings. The minimum absolute atomic E-state index is 0.00253. The highest BCUT2D eigenvalue weighted by molar-refractivity contribution is 7.80. The van der Waals surface area contributed by atoms with E-state index in [-0.39, 0.29) is 11.9 Å². The Balaban J connectivity index is 1.93. The van der Waals surface area contributed by atoms with E-state index in [0.29, 0.717) is 5.11 Å². The number of aromatic nitrogens is 1. The molecule has 2 aromatic rings. The number of benzene rings is 1. The van der Waals surface area contributed by atoms with E-state index in [2.05, 4.69) is 15.6 Å². The third-order valence-electron chi connectivity index (χ3n) is 2.64. The second-order valence-electron chi connectivity index (χ2n) is 4.11. The van der Waals surface area contributed by atoms with Gasteiger partial charge in [0.1, 0.15) is 5.82 Å². The quantitative estimate of drug-likeness (QED) is 0.843. The topological polar surface area (TPSA) is 37.0 Å². The Morgan fingerprint density at radius 1 is 1.26 bits per heavy atom. The summed E-state index contributed by atoms with van der Waals surface area (Å²) in [6, 6.07) is 10.0. The molecule has 0 amide bonds. The molecule has 0 radical (unpaired) electrons. The van der Waals surface area contributed by atoms with Crippen LogP contribution in [0.3, 0.4) is 0 Å². The highest BCUT2D eigenvalue weighted by Gasteiger charge is 2.07. The van der Waals surface area contributed by atoms with Crippen LogP contribution in [-0.4, -0.2) is 10.1 Å². The normalized spacial score (nSPS) is 11.7. The number of halogens is 1. The molecule has 0 aliphatic rings. The zero-order valence-corrected chi connectivity index (χ0v) is 11.2. The van der Waals surface area contributed by atoms with Crippen molar-refractivity contribution < 1.29 is 4.39 Å². The number of anilines is 1. The fraction of sp³-hybridized carbons (Fsp3) is 0.143. The maximum atomic E-state index is 12.8. The zero-order chi connectivity index (χ0) is 13.7. The van der Waals surface area contributed by atoms with Gasteiger partial charge in [-0.1, -0.05) is 12.1 Å². The molecular formula is C14H14FN3S. The molecule has 5 heteroatoms. The van der Waals surface area contributed by atoms with Crippen LogP contribution < -0.4 is 10.6 Å². The fourth-order valence-electron chi connectivity index (χ4n) is 1.64. The van der Waals surface area contributed by atoms with E-state index in [4.69, 9.17) is 12.2 Å². The molecule has 0 spiro atoms. The van der Waals surface area contributed by atoms with Crippen LogP contribution >= 0.6 is 12.2 Å². The summed E-state index contributed by atoms with van der Waals surface area (Å²) in [5.74, 6) is -0.244. The van der Waals surface area contributed by atoms with E-state index in [9.17, 15) is 4.39 Å². The summed E-state index contributed by atoms with van der Waals surface area (Å²) in [5.41, 5.74) is 1.79. The first kappa shape index (κ1) is 13.4. The Kier molecular flexibility index (Phi) is 4.41. The van der Waals surface area contributed by atoms with Crippen molar-refractivity contribution in [3.05, 3.63) is 60.2 Å². The van der Waals surface area contributed by atoms with Crippen LogP contribution in [0.1, 0.15) is 18.5 Å². The van der Waals surface area contributed by atoms with Crippen LogP contribution in [0, 0.1) is 5.82 Å². The van der Waals surface area contributed by atoms with Gasteiger partial charge in [-0.25, -0.2) is 4.39 Å². The second-order valence-corrected chi connectivity index (χ2v) is 4.52. The Hall–Kier alpha value is -2.01. The lowest BCUT2D eigenvalue weighted by molar-refractivity contribution is 0.624. The molecule has 1 heterocycles. The van der Waals surface area contributed by atoms with Crippen LogP contribution in [0.5, 0.6) is 0 Å². The second kappa shape index (κ2) is 6.24. The Morgan fingerprint density at radius 2 is 2.00 bits per heavy atom. The van der Waals surface area contributed by atoms with Crippen molar-refractivity contribution in [3.63, 3.8) is 0 Å². The lowest BCUT2D eigenvalue weighted by Crippen LogP contribution is -2.30. The molecule has 1 aromatic carbocycles. The average molecular weight is 275 g/mol. The molecule has 3 nitrogen and oxygen atoms in total. The van der Waals surface area contributed by atoms with E-state index in [1.807, 2.05) is 19.1 Å². The molecule has 1 aromatic heterocycles. The van der Waals surface area contributed by atoms with Crippen molar-refractivity contribution in [1.82, 2.24) is 10.3 Å². The first-order chi connectivity index (χ1) is 9.15. The van der Waals surface area contributed by atoms with E-state index >= 15 is 0 Å². The van der Waals surface area contributed by atoms with Crippen molar-refractivity contribution in [3.8, 4) is 0 Å². The Labute approximate surface area is 116 Å². The summed E-state index contributed by atoms with van der Waals surface area (Å²) in [5, 5.41) is 6.68. The van der Waals surface area contributed by atoms with Gasteiger partial charge < -0.3 is 10.6 Å². The summed E-state index contributed by atoms with van der Waals surface area (Å²) in [4.78, 5) is 3.99. The molecule has 1 atom stereocenters. The van der Waals surface area contributed by atoms with Crippen LogP contribution in [-0.2, 0) is 0 Å². The Bertz CT molecular complexity index is 542. The highest BCUT2D eigenvalue weighted by atomic mass is 32.1. The molecule has 0 saturated heterocycles. The maximum absolute atomic E-state index is 12.8. The summed E-state index contributed by atoms with van der Waals surface area (Å²) in [6.45, 7) is 1.96. The van der Waals surface area contributed by atoms with Crippen LogP contribution in [0.15, 0.2) is 48.8 Å². The van der Waals surface area contributed by atoms with E-state index in [1.165, 1.54) is 12.1 Å². The lowest BCUT2D eigenvalue weighted by Gasteiger charge is -2.17. The predicted molar refractivity (Wildman–Crippen MR) is 78.4 cm³/mol. The van der Waals surface area contributed by atoms with Gasteiger partial charge in [0.2, 0.25) is 0 Å². The first-order valence-corrected chi connectivity index (χ1v) is 6.29. The first-order valence-electron chi connectivity index (χ1n) is 5.88. The van der Waals surface area contributed by atoms with Crippen LogP contribution in [0.25, 0.3) is 0 Å². The molecule has 0 saturated carbocycles. The van der Waals surface area contributed by atoms with Crippen molar-refractivity contribution in [2.45, 2.75) is 13.0 Å². The third kappa shape index (κ3) is 3.99. The van der Waals surface area contributed by atoms with Gasteiger partial charge in [-0.05, 0) is 49.0 Å². The minimum atomic E-state index is -0.244. The van der Waals surface area contributed by atoms with Gasteiger partial charge in [0.05, 0.1) is 17.9 Å². The molecule has 1 unspecified atom stereocenters. The van der Waals surface area contributed by atoms with Crippen molar-refractivity contribution in [2.24, 2.45) is 0 Å². The third-order valence-corrected chi connectivity index (χ3v) is 2.86. The van der Waals surface area contributed by atoms with Crippen molar-refractivity contribution >= 4 is 23.0 Å². The lowest BCUT2D eigenvalue weighted by atomic mass is 10.1. The van der Waals surface area contributed by atoms with Gasteiger partial charge in [-0.15, -0.1) is 0 Å². The number of nitrogens with one attached hydrogen (secondary N) is 2. The Morgan fingerprint density at radius 3 is 2.63 bits per heavy atom. The zero-order valence-electron chi connectivity index (χ0n) is 10.4. The number of hydrogen-bond acceptors (Lipinski definition) is 2. The number of nitrogens with zero attached hydrogens (tertiary/aromatic N) is 1. The molecule has 0 bridgehead atoms. The number of pyridine rings is 1. The minimum Gasteiger partial charge on any atom is -0.356 e. The monoisotopic (exact) mass is 275 g/mol. The summed E-state index contributed by atoms with van der Waals surface area (Å²) >= 11 is 5.21. The SMILES string of the molecule is CC(NC(=S)Nc1cccnc1)c1ccc(F)cc1. The molecular weight excluding hydrogens is 261 g/mol. The number of thiocarbonyl (C=S) groups is 1. The van der Waals surface area contributed by atoms with Gasteiger partial charge in [-0.3, -0.25) is 4.98 Å². The molecule has 98 valence electrons. The predicted octanol–water partition coefficient (Wildman–Crippen LogP) is 3.27. The smallest absolute Gasteiger partial charge is 0.171 e. The maximum Gasteiger partial charge on any atom is 0.171 e. The van der Waals surface area contributed by atoms with Gasteiger partial charge in [0.15, 0.2) is 5.11 Å². The largest absolute Gasteiger partial charge is 0.356 e. The summed E-state index contributed by atoms with van der Waals surface area (Å²) in [6.07, 6.45) is 3.39. The van der Waals surface area contributed by atoms with E-state index < -0.39 is 0 Å². The molecule has 2 rings (SSSR count). The van der Waals surface area contributed by atoms with Gasteiger partial charge >= 0.3 is 0 Å². The van der Waals surface area contributed by atoms with Crippen LogP contribution in [0.4, 0.5) is 10.1 Å². The average Bonchev–Trinajstić information content (AvgIpc) is 2.40. The molecule has 0 aliphatic heterocycles. The number of hydrogen-bond donors (Lipinski definition) is 2. The van der Waals surface area contributed by atoms with Gasteiger partial charge in [0.25, 0.3) is 0 Å². The summed E-state index contributed by atoms with van der Waals surface area (Å²) < 4.78 is 12.8. The fourth-order valence-corrected chi connectivity index (χ4v) is 1.93. The van der Waals surface area contributed by atoms with E-state index in [1.54, 1.807) is 24.5 Å². The molecule has 2 N–H and O–H groups in total. The summed E-state index contributed by atoms with van der Waals surface area (Å²) in [7, 11) is 0.